The number of para-hydroxylation sites is 1. The van der Waals surface area contributed by atoms with Crippen LogP contribution in [-0.4, -0.2) is 49.3 Å². The summed E-state index contributed by atoms with van der Waals surface area (Å²) in [7, 11) is -1.79. The first-order chi connectivity index (χ1) is 16.9. The second-order valence-corrected chi connectivity index (χ2v) is 11.1. The third-order valence-corrected chi connectivity index (χ3v) is 7.84. The molecule has 1 aliphatic heterocycles. The third kappa shape index (κ3) is 5.16. The summed E-state index contributed by atoms with van der Waals surface area (Å²) >= 11 is 0. The fraction of sp³-hybridized carbons (Fsp3) is 0.308. The van der Waals surface area contributed by atoms with E-state index < -0.39 is 10.0 Å². The van der Waals surface area contributed by atoms with Gasteiger partial charge in [0.25, 0.3) is 0 Å². The highest BCUT2D eigenvalue weighted by Crippen LogP contribution is 2.27. The lowest BCUT2D eigenvalue weighted by Crippen LogP contribution is -2.26. The van der Waals surface area contributed by atoms with Gasteiger partial charge in [0.15, 0.2) is 0 Å². The SMILES string of the molecule is CN(c1ccccc1Cn1ccc2cnc(Nc3ccc(C4CCNCC4)cc3)nc21)S(C)(=O)=O. The van der Waals surface area contributed by atoms with Gasteiger partial charge in [0.2, 0.25) is 16.0 Å². The normalized spacial score (nSPS) is 14.8. The zero-order chi connectivity index (χ0) is 24.4. The van der Waals surface area contributed by atoms with Crippen LogP contribution in [-0.2, 0) is 16.6 Å². The monoisotopic (exact) mass is 490 g/mol. The van der Waals surface area contributed by atoms with Gasteiger partial charge in [0, 0.05) is 30.5 Å². The topological polar surface area (TPSA) is 92.2 Å². The van der Waals surface area contributed by atoms with E-state index in [-0.39, 0.29) is 0 Å². The van der Waals surface area contributed by atoms with Gasteiger partial charge in [-0.15, -0.1) is 0 Å². The number of anilines is 3. The Hall–Kier alpha value is -3.43. The van der Waals surface area contributed by atoms with Gasteiger partial charge in [-0.25, -0.2) is 13.4 Å². The van der Waals surface area contributed by atoms with Gasteiger partial charge in [-0.05, 0) is 67.2 Å². The molecule has 0 unspecified atom stereocenters. The van der Waals surface area contributed by atoms with Crippen LogP contribution in [0.1, 0.15) is 29.9 Å². The predicted molar refractivity (Wildman–Crippen MR) is 141 cm³/mol. The number of nitrogens with one attached hydrogen (secondary N) is 2. The fourth-order valence-corrected chi connectivity index (χ4v) is 5.13. The number of hydrogen-bond acceptors (Lipinski definition) is 6. The number of piperidine rings is 1. The molecule has 0 radical (unpaired) electrons. The van der Waals surface area contributed by atoms with E-state index in [0.717, 1.165) is 35.4 Å². The Morgan fingerprint density at radius 1 is 1.09 bits per heavy atom. The number of nitrogens with zero attached hydrogens (tertiary/aromatic N) is 4. The van der Waals surface area contributed by atoms with Crippen LogP contribution in [0.4, 0.5) is 17.3 Å². The molecule has 35 heavy (non-hydrogen) atoms. The van der Waals surface area contributed by atoms with E-state index in [1.165, 1.54) is 29.0 Å². The fourth-order valence-electron chi connectivity index (χ4n) is 4.60. The Morgan fingerprint density at radius 2 is 1.83 bits per heavy atom. The molecule has 3 heterocycles. The molecule has 4 aromatic rings. The largest absolute Gasteiger partial charge is 0.328 e. The van der Waals surface area contributed by atoms with Gasteiger partial charge in [-0.3, -0.25) is 4.31 Å². The van der Waals surface area contributed by atoms with Gasteiger partial charge in [-0.1, -0.05) is 30.3 Å². The van der Waals surface area contributed by atoms with Gasteiger partial charge >= 0.3 is 0 Å². The van der Waals surface area contributed by atoms with E-state index in [2.05, 4.69) is 39.9 Å². The van der Waals surface area contributed by atoms with E-state index in [9.17, 15) is 8.42 Å². The Kier molecular flexibility index (Phi) is 6.44. The maximum absolute atomic E-state index is 12.1. The summed E-state index contributed by atoms with van der Waals surface area (Å²) in [6, 6.07) is 18.0. The van der Waals surface area contributed by atoms with Crippen molar-refractivity contribution in [2.45, 2.75) is 25.3 Å². The quantitative estimate of drug-likeness (QED) is 0.406. The van der Waals surface area contributed by atoms with Crippen molar-refractivity contribution in [1.29, 1.82) is 0 Å². The zero-order valence-corrected chi connectivity index (χ0v) is 20.8. The molecular weight excluding hydrogens is 460 g/mol. The maximum Gasteiger partial charge on any atom is 0.232 e. The predicted octanol–water partition coefficient (Wildman–Crippen LogP) is 4.09. The van der Waals surface area contributed by atoms with Crippen LogP contribution in [0.15, 0.2) is 67.0 Å². The van der Waals surface area contributed by atoms with Crippen LogP contribution in [0.5, 0.6) is 0 Å². The van der Waals surface area contributed by atoms with Crippen molar-refractivity contribution < 1.29 is 8.42 Å². The molecule has 0 saturated carbocycles. The van der Waals surface area contributed by atoms with Gasteiger partial charge < -0.3 is 15.2 Å². The molecule has 2 N–H and O–H groups in total. The minimum absolute atomic E-state index is 0.487. The number of aromatic nitrogens is 3. The summed E-state index contributed by atoms with van der Waals surface area (Å²) < 4.78 is 27.6. The van der Waals surface area contributed by atoms with Crippen molar-refractivity contribution in [1.82, 2.24) is 19.9 Å². The summed E-state index contributed by atoms with van der Waals surface area (Å²) in [5, 5.41) is 7.66. The lowest BCUT2D eigenvalue weighted by atomic mass is 9.90. The molecule has 9 heteroatoms. The standard InChI is InChI=1S/C26H30N6O2S/c1-31(35(2,33)34)24-6-4-3-5-22(24)18-32-16-13-21-17-28-26(30-25(21)32)29-23-9-7-19(8-10-23)20-11-14-27-15-12-20/h3-10,13,16-17,20,27H,11-12,14-15,18H2,1-2H3,(H,28,29,30). The van der Waals surface area contributed by atoms with Crippen molar-refractivity contribution in [3.05, 3.63) is 78.1 Å². The number of hydrogen-bond donors (Lipinski definition) is 2. The minimum atomic E-state index is -3.37. The van der Waals surface area contributed by atoms with E-state index in [1.807, 2.05) is 41.1 Å². The number of fused-ring (bicyclic) bond motifs is 1. The molecule has 8 nitrogen and oxygen atoms in total. The number of sulfonamides is 1. The second-order valence-electron chi connectivity index (χ2n) is 9.05. The molecule has 0 atom stereocenters. The lowest BCUT2D eigenvalue weighted by Gasteiger charge is -2.23. The van der Waals surface area contributed by atoms with Crippen LogP contribution in [0.25, 0.3) is 11.0 Å². The molecular formula is C26H30N6O2S. The van der Waals surface area contributed by atoms with Crippen molar-refractivity contribution >= 4 is 38.4 Å². The molecule has 182 valence electrons. The Labute approximate surface area is 206 Å². The Balaban J connectivity index is 1.37. The molecule has 1 saturated heterocycles. The molecule has 0 bridgehead atoms. The highest BCUT2D eigenvalue weighted by molar-refractivity contribution is 7.92. The number of benzene rings is 2. The van der Waals surface area contributed by atoms with Crippen molar-refractivity contribution in [2.24, 2.45) is 0 Å². The van der Waals surface area contributed by atoms with E-state index in [4.69, 9.17) is 4.98 Å². The van der Waals surface area contributed by atoms with Crippen LogP contribution in [0.3, 0.4) is 0 Å². The zero-order valence-electron chi connectivity index (χ0n) is 20.0. The molecule has 0 amide bonds. The molecule has 2 aromatic heterocycles. The van der Waals surface area contributed by atoms with Gasteiger partial charge in [0.05, 0.1) is 18.5 Å². The molecule has 1 fully saturated rings. The number of rotatable bonds is 7. The first kappa shape index (κ1) is 23.3. The van der Waals surface area contributed by atoms with Crippen molar-refractivity contribution in [3.8, 4) is 0 Å². The highest BCUT2D eigenvalue weighted by Gasteiger charge is 2.17. The smallest absolute Gasteiger partial charge is 0.232 e. The average Bonchev–Trinajstić information content (AvgIpc) is 3.26. The summed E-state index contributed by atoms with van der Waals surface area (Å²) in [6.07, 6.45) is 7.31. The summed E-state index contributed by atoms with van der Waals surface area (Å²) in [6.45, 7) is 2.64. The van der Waals surface area contributed by atoms with Gasteiger partial charge in [-0.2, -0.15) is 4.98 Å². The van der Waals surface area contributed by atoms with E-state index >= 15 is 0 Å². The lowest BCUT2D eigenvalue weighted by molar-refractivity contribution is 0.460. The molecule has 0 aliphatic carbocycles. The Morgan fingerprint density at radius 3 is 2.57 bits per heavy atom. The minimum Gasteiger partial charge on any atom is -0.328 e. The summed E-state index contributed by atoms with van der Waals surface area (Å²) in [5.74, 6) is 1.14. The second kappa shape index (κ2) is 9.67. The average molecular weight is 491 g/mol. The first-order valence-electron chi connectivity index (χ1n) is 11.8. The molecule has 0 spiro atoms. The Bertz CT molecular complexity index is 1430. The van der Waals surface area contributed by atoms with E-state index in [1.54, 1.807) is 13.2 Å². The van der Waals surface area contributed by atoms with Crippen molar-refractivity contribution in [3.63, 3.8) is 0 Å². The highest BCUT2D eigenvalue weighted by atomic mass is 32.2. The van der Waals surface area contributed by atoms with Gasteiger partial charge in [0.1, 0.15) is 5.65 Å². The molecule has 2 aromatic carbocycles. The van der Waals surface area contributed by atoms with Crippen LogP contribution in [0.2, 0.25) is 0 Å². The van der Waals surface area contributed by atoms with Crippen LogP contribution < -0.4 is 14.9 Å². The first-order valence-corrected chi connectivity index (χ1v) is 13.6. The third-order valence-electron chi connectivity index (χ3n) is 6.65. The maximum atomic E-state index is 12.1. The van der Waals surface area contributed by atoms with E-state index in [0.29, 0.717) is 24.1 Å². The van der Waals surface area contributed by atoms with Crippen LogP contribution in [0, 0.1) is 0 Å². The summed E-state index contributed by atoms with van der Waals surface area (Å²) in [5.41, 5.74) is 4.64. The molecule has 1 aliphatic rings. The van der Waals surface area contributed by atoms with Crippen molar-refractivity contribution in [2.75, 3.05) is 36.0 Å². The summed E-state index contributed by atoms with van der Waals surface area (Å²) in [4.78, 5) is 9.24. The van der Waals surface area contributed by atoms with Crippen LogP contribution >= 0.6 is 0 Å². The molecule has 5 rings (SSSR count).